The van der Waals surface area contributed by atoms with E-state index in [1.807, 2.05) is 0 Å². The number of hydrogen-bond donors (Lipinski definition) is 1. The van der Waals surface area contributed by atoms with Crippen molar-refractivity contribution in [1.29, 1.82) is 0 Å². The van der Waals surface area contributed by atoms with Crippen molar-refractivity contribution < 1.29 is 0 Å². The molecule has 0 saturated carbocycles. The van der Waals surface area contributed by atoms with Crippen LogP contribution in [0.5, 0.6) is 0 Å². The molecule has 0 aliphatic rings. The van der Waals surface area contributed by atoms with Crippen molar-refractivity contribution >= 4 is 16.3 Å². The maximum Gasteiger partial charge on any atom is 0.194 e. The number of fused-ring (bicyclic) bond motifs is 1. The minimum Gasteiger partial charge on any atom is -0.311 e. The summed E-state index contributed by atoms with van der Waals surface area (Å²) in [5, 5.41) is 3.64. The van der Waals surface area contributed by atoms with Crippen molar-refractivity contribution in [3.63, 3.8) is 0 Å². The van der Waals surface area contributed by atoms with E-state index in [9.17, 15) is 0 Å². The fraction of sp³-hybridized carbons (Fsp3) is 0.706. The summed E-state index contributed by atoms with van der Waals surface area (Å²) in [4.78, 5) is 7.08. The third-order valence-electron chi connectivity index (χ3n) is 4.09. The minimum absolute atomic E-state index is 0.372. The standard InChI is InChI=1S/C17H29N3S/c1-6-7-8-9-17(4,5)12-18-10-15-14(3)19-16-20(15)11-13(2)21-16/h11,18H,6-10,12H2,1-5H3. The zero-order valence-corrected chi connectivity index (χ0v) is 14.9. The first-order chi connectivity index (χ1) is 9.93. The number of hydrogen-bond acceptors (Lipinski definition) is 3. The van der Waals surface area contributed by atoms with Crippen LogP contribution in [-0.4, -0.2) is 15.9 Å². The van der Waals surface area contributed by atoms with Crippen LogP contribution in [0.1, 0.15) is 62.7 Å². The molecule has 0 spiro atoms. The number of rotatable bonds is 8. The summed E-state index contributed by atoms with van der Waals surface area (Å²) in [6, 6.07) is 0. The molecule has 3 nitrogen and oxygen atoms in total. The Bertz CT molecular complexity index is 580. The van der Waals surface area contributed by atoms with Gasteiger partial charge in [-0.2, -0.15) is 0 Å². The van der Waals surface area contributed by atoms with Crippen LogP contribution in [0.3, 0.4) is 0 Å². The van der Waals surface area contributed by atoms with Crippen molar-refractivity contribution in [2.45, 2.75) is 66.8 Å². The molecule has 2 aromatic rings. The summed E-state index contributed by atoms with van der Waals surface area (Å²) in [6.07, 6.45) is 7.48. The lowest BCUT2D eigenvalue weighted by Gasteiger charge is -2.25. The summed E-state index contributed by atoms with van der Waals surface area (Å²) in [6.45, 7) is 13.2. The summed E-state index contributed by atoms with van der Waals surface area (Å²) in [5.41, 5.74) is 2.83. The van der Waals surface area contributed by atoms with Crippen LogP contribution in [-0.2, 0) is 6.54 Å². The van der Waals surface area contributed by atoms with Crippen LogP contribution in [0.15, 0.2) is 6.20 Å². The Labute approximate surface area is 132 Å². The number of imidazole rings is 1. The average molecular weight is 308 g/mol. The van der Waals surface area contributed by atoms with Gasteiger partial charge in [0.1, 0.15) is 0 Å². The third-order valence-corrected chi connectivity index (χ3v) is 4.99. The van der Waals surface area contributed by atoms with E-state index in [4.69, 9.17) is 0 Å². The molecule has 2 aromatic heterocycles. The number of thiazole rings is 1. The highest BCUT2D eigenvalue weighted by atomic mass is 32.1. The normalized spacial score (nSPS) is 12.4. The third kappa shape index (κ3) is 4.30. The molecule has 0 atom stereocenters. The van der Waals surface area contributed by atoms with Gasteiger partial charge < -0.3 is 5.32 Å². The zero-order valence-electron chi connectivity index (χ0n) is 14.1. The quantitative estimate of drug-likeness (QED) is 0.716. The Morgan fingerprint density at radius 1 is 1.29 bits per heavy atom. The molecule has 0 aliphatic carbocycles. The zero-order chi connectivity index (χ0) is 15.5. The number of unbranched alkanes of at least 4 members (excludes halogenated alkanes) is 2. The Morgan fingerprint density at radius 2 is 2.05 bits per heavy atom. The Morgan fingerprint density at radius 3 is 2.76 bits per heavy atom. The first-order valence-corrected chi connectivity index (χ1v) is 8.89. The Balaban J connectivity index is 1.91. The predicted molar refractivity (Wildman–Crippen MR) is 92.2 cm³/mol. The van der Waals surface area contributed by atoms with Gasteiger partial charge in [0.2, 0.25) is 0 Å². The first-order valence-electron chi connectivity index (χ1n) is 8.07. The van der Waals surface area contributed by atoms with E-state index in [1.54, 1.807) is 11.3 Å². The van der Waals surface area contributed by atoms with Gasteiger partial charge in [-0.1, -0.05) is 40.0 Å². The van der Waals surface area contributed by atoms with Crippen molar-refractivity contribution in [3.8, 4) is 0 Å². The van der Waals surface area contributed by atoms with Crippen molar-refractivity contribution in [1.82, 2.24) is 14.7 Å². The minimum atomic E-state index is 0.372. The van der Waals surface area contributed by atoms with Gasteiger partial charge in [0.05, 0.1) is 11.4 Å². The molecule has 1 N–H and O–H groups in total. The smallest absolute Gasteiger partial charge is 0.194 e. The summed E-state index contributed by atoms with van der Waals surface area (Å²) in [5.74, 6) is 0. The van der Waals surface area contributed by atoms with E-state index in [-0.39, 0.29) is 0 Å². The van der Waals surface area contributed by atoms with Crippen LogP contribution >= 0.6 is 11.3 Å². The molecule has 0 unspecified atom stereocenters. The summed E-state index contributed by atoms with van der Waals surface area (Å²) in [7, 11) is 0. The molecule has 0 amide bonds. The molecule has 0 fully saturated rings. The topological polar surface area (TPSA) is 29.3 Å². The number of aromatic nitrogens is 2. The fourth-order valence-corrected chi connectivity index (χ4v) is 3.67. The van der Waals surface area contributed by atoms with Gasteiger partial charge >= 0.3 is 0 Å². The van der Waals surface area contributed by atoms with Gasteiger partial charge in [-0.25, -0.2) is 4.98 Å². The Kier molecular flexibility index (Phi) is 5.44. The van der Waals surface area contributed by atoms with E-state index in [1.165, 1.54) is 36.3 Å². The molecule has 2 heterocycles. The molecule has 0 aliphatic heterocycles. The van der Waals surface area contributed by atoms with E-state index in [0.29, 0.717) is 5.41 Å². The molecular formula is C17H29N3S. The molecule has 0 saturated heterocycles. The highest BCUT2D eigenvalue weighted by Gasteiger charge is 2.17. The lowest BCUT2D eigenvalue weighted by molar-refractivity contribution is 0.301. The van der Waals surface area contributed by atoms with Gasteiger partial charge in [-0.05, 0) is 25.7 Å². The monoisotopic (exact) mass is 307 g/mol. The maximum atomic E-state index is 4.65. The fourth-order valence-electron chi connectivity index (χ4n) is 2.78. The SMILES string of the molecule is CCCCCC(C)(C)CNCc1c(C)nc2sc(C)cn12. The largest absolute Gasteiger partial charge is 0.311 e. The van der Waals surface area contributed by atoms with Gasteiger partial charge in [0.25, 0.3) is 0 Å². The van der Waals surface area contributed by atoms with Crippen LogP contribution in [0.25, 0.3) is 4.96 Å². The summed E-state index contributed by atoms with van der Waals surface area (Å²) < 4.78 is 2.24. The van der Waals surface area contributed by atoms with Crippen molar-refractivity contribution in [2.75, 3.05) is 6.54 Å². The average Bonchev–Trinajstić information content (AvgIpc) is 2.87. The van der Waals surface area contributed by atoms with Crippen LogP contribution in [0.2, 0.25) is 0 Å². The lowest BCUT2D eigenvalue weighted by atomic mass is 9.87. The number of nitrogens with zero attached hydrogens (tertiary/aromatic N) is 2. The van der Waals surface area contributed by atoms with Gasteiger partial charge in [0.15, 0.2) is 4.96 Å². The number of nitrogens with one attached hydrogen (secondary N) is 1. The molecule has 0 bridgehead atoms. The molecule has 0 radical (unpaired) electrons. The second-order valence-electron chi connectivity index (χ2n) is 6.86. The van der Waals surface area contributed by atoms with Crippen LogP contribution in [0.4, 0.5) is 0 Å². The lowest BCUT2D eigenvalue weighted by Crippen LogP contribution is -2.29. The van der Waals surface area contributed by atoms with E-state index < -0.39 is 0 Å². The number of aryl methyl sites for hydroxylation is 2. The van der Waals surface area contributed by atoms with Crippen LogP contribution < -0.4 is 5.32 Å². The molecule has 4 heteroatoms. The maximum absolute atomic E-state index is 4.65. The van der Waals surface area contributed by atoms with E-state index in [0.717, 1.165) is 23.7 Å². The Hall–Kier alpha value is -0.870. The van der Waals surface area contributed by atoms with E-state index >= 15 is 0 Å². The highest BCUT2D eigenvalue weighted by Crippen LogP contribution is 2.24. The van der Waals surface area contributed by atoms with Gasteiger partial charge in [-0.3, -0.25) is 4.40 Å². The van der Waals surface area contributed by atoms with E-state index in [2.05, 4.69) is 55.5 Å². The van der Waals surface area contributed by atoms with Crippen LogP contribution in [0, 0.1) is 19.3 Å². The molecular weight excluding hydrogens is 278 g/mol. The molecule has 118 valence electrons. The molecule has 21 heavy (non-hydrogen) atoms. The molecule has 2 rings (SSSR count). The van der Waals surface area contributed by atoms with Gasteiger partial charge in [-0.15, -0.1) is 11.3 Å². The first kappa shape index (κ1) is 16.5. The van der Waals surface area contributed by atoms with Crippen molar-refractivity contribution in [2.24, 2.45) is 5.41 Å². The van der Waals surface area contributed by atoms with Gasteiger partial charge in [0, 0.05) is 24.2 Å². The van der Waals surface area contributed by atoms with Crippen molar-refractivity contribution in [3.05, 3.63) is 22.5 Å². The summed E-state index contributed by atoms with van der Waals surface area (Å²) >= 11 is 1.76. The highest BCUT2D eigenvalue weighted by molar-refractivity contribution is 7.17. The second kappa shape index (κ2) is 6.93. The molecule has 0 aromatic carbocycles. The second-order valence-corrected chi connectivity index (χ2v) is 8.08. The predicted octanol–water partition coefficient (Wildman–Crippen LogP) is 4.71.